The van der Waals surface area contributed by atoms with Gasteiger partial charge in [0.2, 0.25) is 5.78 Å². The Kier molecular flexibility index (Phi) is 2.99. The number of hydrogen-bond donors (Lipinski definition) is 0. The molecule has 0 unspecified atom stereocenters. The first-order chi connectivity index (χ1) is 9.16. The minimum atomic E-state index is 0.0520. The summed E-state index contributed by atoms with van der Waals surface area (Å²) >= 11 is 3.38. The predicted octanol–water partition coefficient (Wildman–Crippen LogP) is 4.24. The molecular weight excluding hydrogens is 302 g/mol. The fraction of sp³-hybridized carbons (Fsp3) is 0.0625. The molecule has 3 aromatic rings. The molecule has 0 amide bonds. The Morgan fingerprint density at radius 2 is 1.84 bits per heavy atom. The van der Waals surface area contributed by atoms with Gasteiger partial charge >= 0.3 is 0 Å². The molecule has 0 atom stereocenters. The molecular formula is C16H12BrNO. The normalized spacial score (nSPS) is 10.8. The third-order valence-corrected chi connectivity index (χ3v) is 3.72. The molecule has 0 saturated carbocycles. The molecule has 0 spiro atoms. The average Bonchev–Trinajstić information content (AvgIpc) is 2.74. The Morgan fingerprint density at radius 1 is 1.11 bits per heavy atom. The van der Waals surface area contributed by atoms with Crippen molar-refractivity contribution in [1.29, 1.82) is 0 Å². The second-order valence-corrected chi connectivity index (χ2v) is 5.42. The maximum atomic E-state index is 12.6. The average molecular weight is 314 g/mol. The van der Waals surface area contributed by atoms with Gasteiger partial charge in [-0.2, -0.15) is 0 Å². The van der Waals surface area contributed by atoms with Crippen LogP contribution in [0.2, 0.25) is 0 Å². The van der Waals surface area contributed by atoms with Gasteiger partial charge in [0.05, 0.1) is 5.69 Å². The summed E-state index contributed by atoms with van der Waals surface area (Å²) in [5, 5.41) is 0. The number of pyridine rings is 1. The number of ketones is 1. The fourth-order valence-corrected chi connectivity index (χ4v) is 2.55. The molecule has 2 heterocycles. The van der Waals surface area contributed by atoms with Gasteiger partial charge in [-0.1, -0.05) is 22.0 Å². The van der Waals surface area contributed by atoms with Crippen LogP contribution in [0.5, 0.6) is 0 Å². The number of halogens is 1. The van der Waals surface area contributed by atoms with Crippen molar-refractivity contribution >= 4 is 27.2 Å². The first kappa shape index (κ1) is 12.2. The summed E-state index contributed by atoms with van der Waals surface area (Å²) in [6.45, 7) is 1.97. The van der Waals surface area contributed by atoms with Crippen LogP contribution in [-0.2, 0) is 0 Å². The van der Waals surface area contributed by atoms with E-state index in [0.29, 0.717) is 5.56 Å². The fourth-order valence-electron chi connectivity index (χ4n) is 2.28. The van der Waals surface area contributed by atoms with E-state index in [1.54, 1.807) is 0 Å². The minimum Gasteiger partial charge on any atom is -0.313 e. The minimum absolute atomic E-state index is 0.0520. The van der Waals surface area contributed by atoms with E-state index in [1.807, 2.05) is 66.1 Å². The van der Waals surface area contributed by atoms with Crippen LogP contribution in [0.4, 0.5) is 0 Å². The quantitative estimate of drug-likeness (QED) is 0.648. The highest BCUT2D eigenvalue weighted by molar-refractivity contribution is 9.10. The maximum Gasteiger partial charge on any atom is 0.210 e. The third-order valence-electron chi connectivity index (χ3n) is 3.19. The topological polar surface area (TPSA) is 21.5 Å². The molecule has 0 N–H and O–H groups in total. The molecule has 1 aromatic carbocycles. The van der Waals surface area contributed by atoms with Crippen LogP contribution in [0, 0.1) is 6.92 Å². The summed E-state index contributed by atoms with van der Waals surface area (Å²) in [4.78, 5) is 12.6. The van der Waals surface area contributed by atoms with Crippen molar-refractivity contribution in [2.75, 3.05) is 0 Å². The van der Waals surface area contributed by atoms with Crippen LogP contribution in [0.25, 0.3) is 5.52 Å². The summed E-state index contributed by atoms with van der Waals surface area (Å²) < 4.78 is 2.92. The SMILES string of the molecule is Cc1cc2ccccn2c1C(=O)c1ccc(Br)cc1. The molecule has 0 saturated heterocycles. The van der Waals surface area contributed by atoms with Gasteiger partial charge in [-0.25, -0.2) is 0 Å². The summed E-state index contributed by atoms with van der Waals surface area (Å²) in [7, 11) is 0. The number of nitrogens with zero attached hydrogens (tertiary/aromatic N) is 1. The van der Waals surface area contributed by atoms with E-state index in [0.717, 1.165) is 21.2 Å². The van der Waals surface area contributed by atoms with Crippen LogP contribution >= 0.6 is 15.9 Å². The number of hydrogen-bond acceptors (Lipinski definition) is 1. The van der Waals surface area contributed by atoms with Crippen molar-refractivity contribution in [2.45, 2.75) is 6.92 Å². The molecule has 3 rings (SSSR count). The van der Waals surface area contributed by atoms with Crippen molar-refractivity contribution in [3.63, 3.8) is 0 Å². The molecule has 2 nitrogen and oxygen atoms in total. The lowest BCUT2D eigenvalue weighted by Crippen LogP contribution is -2.06. The van der Waals surface area contributed by atoms with E-state index in [2.05, 4.69) is 15.9 Å². The van der Waals surface area contributed by atoms with E-state index < -0.39 is 0 Å². The third kappa shape index (κ3) is 2.10. The van der Waals surface area contributed by atoms with Gasteiger partial charge < -0.3 is 4.40 Å². The Morgan fingerprint density at radius 3 is 2.58 bits per heavy atom. The molecule has 0 bridgehead atoms. The second-order valence-electron chi connectivity index (χ2n) is 4.51. The van der Waals surface area contributed by atoms with Crippen molar-refractivity contribution < 1.29 is 4.79 Å². The van der Waals surface area contributed by atoms with Crippen LogP contribution in [0.1, 0.15) is 21.6 Å². The van der Waals surface area contributed by atoms with Gasteiger partial charge in [-0.3, -0.25) is 4.79 Å². The molecule has 0 aliphatic carbocycles. The Hall–Kier alpha value is -1.87. The van der Waals surface area contributed by atoms with Crippen molar-refractivity contribution in [3.8, 4) is 0 Å². The highest BCUT2D eigenvalue weighted by Crippen LogP contribution is 2.20. The van der Waals surface area contributed by atoms with Crippen molar-refractivity contribution in [2.24, 2.45) is 0 Å². The monoisotopic (exact) mass is 313 g/mol. The van der Waals surface area contributed by atoms with Crippen LogP contribution in [0.15, 0.2) is 59.2 Å². The second kappa shape index (κ2) is 4.67. The molecule has 94 valence electrons. The van der Waals surface area contributed by atoms with E-state index in [1.165, 1.54) is 0 Å². The Bertz CT molecular complexity index is 756. The molecule has 0 aliphatic rings. The molecule has 0 fully saturated rings. The molecule has 19 heavy (non-hydrogen) atoms. The first-order valence-corrected chi connectivity index (χ1v) is 6.83. The number of aryl methyl sites for hydroxylation is 1. The lowest BCUT2D eigenvalue weighted by atomic mass is 10.1. The predicted molar refractivity (Wildman–Crippen MR) is 79.7 cm³/mol. The zero-order valence-electron chi connectivity index (χ0n) is 10.4. The number of rotatable bonds is 2. The zero-order valence-corrected chi connectivity index (χ0v) is 12.0. The van der Waals surface area contributed by atoms with Gasteiger partial charge in [-0.15, -0.1) is 0 Å². The Balaban J connectivity index is 2.16. The van der Waals surface area contributed by atoms with Gasteiger partial charge in [0.15, 0.2) is 0 Å². The summed E-state index contributed by atoms with van der Waals surface area (Å²) in [6.07, 6.45) is 1.93. The Labute approximate surface area is 119 Å². The van der Waals surface area contributed by atoms with Gasteiger partial charge in [0.1, 0.15) is 0 Å². The number of carbonyl (C=O) groups is 1. The smallest absolute Gasteiger partial charge is 0.210 e. The van der Waals surface area contributed by atoms with E-state index in [9.17, 15) is 4.79 Å². The number of benzene rings is 1. The highest BCUT2D eigenvalue weighted by atomic mass is 79.9. The number of fused-ring (bicyclic) bond motifs is 1. The lowest BCUT2D eigenvalue weighted by molar-refractivity contribution is 0.103. The number of carbonyl (C=O) groups excluding carboxylic acids is 1. The first-order valence-electron chi connectivity index (χ1n) is 6.04. The van der Waals surface area contributed by atoms with Crippen molar-refractivity contribution in [3.05, 3.63) is 76.0 Å². The van der Waals surface area contributed by atoms with Crippen molar-refractivity contribution in [1.82, 2.24) is 4.40 Å². The largest absolute Gasteiger partial charge is 0.313 e. The lowest BCUT2D eigenvalue weighted by Gasteiger charge is -2.04. The van der Waals surface area contributed by atoms with Crippen LogP contribution in [-0.4, -0.2) is 10.2 Å². The molecule has 2 aromatic heterocycles. The van der Waals surface area contributed by atoms with Crippen LogP contribution < -0.4 is 0 Å². The highest BCUT2D eigenvalue weighted by Gasteiger charge is 2.16. The summed E-state index contributed by atoms with van der Waals surface area (Å²) in [5.74, 6) is 0.0520. The zero-order chi connectivity index (χ0) is 13.4. The van der Waals surface area contributed by atoms with E-state index >= 15 is 0 Å². The standard InChI is InChI=1S/C16H12BrNO/c1-11-10-14-4-2-3-9-18(14)15(11)16(19)12-5-7-13(17)8-6-12/h2-10H,1H3. The summed E-state index contributed by atoms with van der Waals surface area (Å²) in [5.41, 5.74) is 3.48. The molecule has 0 radical (unpaired) electrons. The molecule has 3 heteroatoms. The maximum absolute atomic E-state index is 12.6. The molecule has 0 aliphatic heterocycles. The van der Waals surface area contributed by atoms with Gasteiger partial charge in [0, 0.05) is 21.7 Å². The van der Waals surface area contributed by atoms with Crippen LogP contribution in [0.3, 0.4) is 0 Å². The van der Waals surface area contributed by atoms with E-state index in [4.69, 9.17) is 0 Å². The van der Waals surface area contributed by atoms with Gasteiger partial charge in [0.25, 0.3) is 0 Å². The number of aromatic nitrogens is 1. The van der Waals surface area contributed by atoms with Gasteiger partial charge in [-0.05, 0) is 55.0 Å². The summed E-state index contributed by atoms with van der Waals surface area (Å²) in [6, 6.07) is 15.4. The van der Waals surface area contributed by atoms with E-state index in [-0.39, 0.29) is 5.78 Å².